The summed E-state index contributed by atoms with van der Waals surface area (Å²) in [5.74, 6) is 0.230. The van der Waals surface area contributed by atoms with Gasteiger partial charge in [-0.05, 0) is 38.3 Å². The van der Waals surface area contributed by atoms with E-state index >= 15 is 0 Å². The van der Waals surface area contributed by atoms with Crippen molar-refractivity contribution in [1.82, 2.24) is 9.29 Å². The van der Waals surface area contributed by atoms with Crippen molar-refractivity contribution in [1.29, 1.82) is 0 Å². The van der Waals surface area contributed by atoms with Gasteiger partial charge < -0.3 is 10.3 Å². The van der Waals surface area contributed by atoms with Gasteiger partial charge in [0.05, 0.1) is 0 Å². The van der Waals surface area contributed by atoms with Crippen LogP contribution in [0.5, 0.6) is 0 Å². The molecule has 1 aromatic heterocycles. The number of fused-ring (bicyclic) bond motifs is 1. The second-order valence-electron chi connectivity index (χ2n) is 6.50. The van der Waals surface area contributed by atoms with Crippen molar-refractivity contribution in [3.05, 3.63) is 30.0 Å². The molecule has 1 aliphatic rings. The Morgan fingerprint density at radius 1 is 1.26 bits per heavy atom. The van der Waals surface area contributed by atoms with E-state index in [9.17, 15) is 8.42 Å². The molecule has 1 aromatic carbocycles. The van der Waals surface area contributed by atoms with Gasteiger partial charge in [0, 0.05) is 29.7 Å². The molecule has 0 amide bonds. The first-order chi connectivity index (χ1) is 11.0. The van der Waals surface area contributed by atoms with Crippen LogP contribution in [0.2, 0.25) is 0 Å². The fourth-order valence-corrected chi connectivity index (χ4v) is 5.54. The Balaban J connectivity index is 2.02. The topological polar surface area (TPSA) is 77.1 Å². The van der Waals surface area contributed by atoms with Gasteiger partial charge in [0.15, 0.2) is 0 Å². The Hall–Kier alpha value is -1.37. The predicted molar refractivity (Wildman–Crippen MR) is 92.8 cm³/mol. The van der Waals surface area contributed by atoms with E-state index in [0.717, 1.165) is 42.3 Å². The molecule has 1 fully saturated rings. The zero-order valence-electron chi connectivity index (χ0n) is 13.7. The van der Waals surface area contributed by atoms with Crippen molar-refractivity contribution in [2.45, 2.75) is 43.5 Å². The average molecular weight is 335 g/mol. The molecule has 0 aliphatic heterocycles. The monoisotopic (exact) mass is 335 g/mol. The Morgan fingerprint density at radius 2 is 1.96 bits per heavy atom. The quantitative estimate of drug-likeness (QED) is 0.900. The third-order valence-corrected chi connectivity index (χ3v) is 6.79. The van der Waals surface area contributed by atoms with Crippen LogP contribution in [0.25, 0.3) is 10.9 Å². The highest BCUT2D eigenvalue weighted by molar-refractivity contribution is 7.89. The van der Waals surface area contributed by atoms with Gasteiger partial charge in [-0.3, -0.25) is 0 Å². The standard InChI is InChI=1S/C17H25N3O2S/c1-12-17(14-8-4-6-10-16(14)20(12)2)23(21,22)19-15-9-5-3-7-13(15)11-18/h4,6,8,10,13,15,19H,3,5,7,9,11,18H2,1-2H3. The SMILES string of the molecule is Cc1c(S(=O)(=O)NC2CCCCC2CN)c2ccccc2n1C. The molecule has 1 aliphatic carbocycles. The third-order valence-electron chi connectivity index (χ3n) is 5.13. The van der Waals surface area contributed by atoms with Crippen molar-refractivity contribution in [3.63, 3.8) is 0 Å². The number of nitrogens with two attached hydrogens (primary N) is 1. The molecule has 1 saturated carbocycles. The number of nitrogens with zero attached hydrogens (tertiary/aromatic N) is 1. The van der Waals surface area contributed by atoms with Crippen molar-refractivity contribution in [2.75, 3.05) is 6.54 Å². The average Bonchev–Trinajstić information content (AvgIpc) is 2.80. The van der Waals surface area contributed by atoms with Gasteiger partial charge in [-0.2, -0.15) is 0 Å². The lowest BCUT2D eigenvalue weighted by molar-refractivity contribution is 0.296. The molecule has 2 atom stereocenters. The van der Waals surface area contributed by atoms with Gasteiger partial charge in [0.2, 0.25) is 10.0 Å². The fourth-order valence-electron chi connectivity index (χ4n) is 3.73. The molecule has 126 valence electrons. The molecule has 0 spiro atoms. The summed E-state index contributed by atoms with van der Waals surface area (Å²) in [4.78, 5) is 0.400. The van der Waals surface area contributed by atoms with E-state index in [1.807, 2.05) is 42.8 Å². The first-order valence-corrected chi connectivity index (χ1v) is 9.70. The highest BCUT2D eigenvalue weighted by Crippen LogP contribution is 2.31. The summed E-state index contributed by atoms with van der Waals surface area (Å²) in [7, 11) is -1.66. The summed E-state index contributed by atoms with van der Waals surface area (Å²) < 4.78 is 31.0. The van der Waals surface area contributed by atoms with Gasteiger partial charge >= 0.3 is 0 Å². The van der Waals surface area contributed by atoms with Crippen LogP contribution in [-0.4, -0.2) is 25.6 Å². The minimum Gasteiger partial charge on any atom is -0.347 e. The van der Waals surface area contributed by atoms with Crippen LogP contribution < -0.4 is 10.5 Å². The Labute approximate surface area is 137 Å². The van der Waals surface area contributed by atoms with Crippen LogP contribution in [0.3, 0.4) is 0 Å². The van der Waals surface area contributed by atoms with Gasteiger partial charge in [-0.15, -0.1) is 0 Å². The zero-order chi connectivity index (χ0) is 16.6. The molecule has 3 N–H and O–H groups in total. The molecule has 3 rings (SSSR count). The van der Waals surface area contributed by atoms with E-state index in [2.05, 4.69) is 4.72 Å². The maximum atomic E-state index is 13.0. The van der Waals surface area contributed by atoms with E-state index < -0.39 is 10.0 Å². The molecule has 0 saturated heterocycles. The van der Waals surface area contributed by atoms with Crippen molar-refractivity contribution >= 4 is 20.9 Å². The van der Waals surface area contributed by atoms with Crippen LogP contribution >= 0.6 is 0 Å². The summed E-state index contributed by atoms with van der Waals surface area (Å²) in [5, 5.41) is 0.778. The minimum atomic E-state index is -3.57. The number of benzene rings is 1. The van der Waals surface area contributed by atoms with Gasteiger partial charge in [-0.1, -0.05) is 31.0 Å². The predicted octanol–water partition coefficient (Wildman–Crippen LogP) is 2.28. The normalized spacial score (nSPS) is 22.6. The van der Waals surface area contributed by atoms with E-state index in [4.69, 9.17) is 5.73 Å². The lowest BCUT2D eigenvalue weighted by Gasteiger charge is -2.31. The lowest BCUT2D eigenvalue weighted by Crippen LogP contribution is -2.44. The van der Waals surface area contributed by atoms with Gasteiger partial charge in [0.1, 0.15) is 4.90 Å². The largest absolute Gasteiger partial charge is 0.347 e. The maximum Gasteiger partial charge on any atom is 0.243 e. The van der Waals surface area contributed by atoms with Crippen molar-refractivity contribution in [3.8, 4) is 0 Å². The highest BCUT2D eigenvalue weighted by Gasteiger charge is 2.31. The number of hydrogen-bond acceptors (Lipinski definition) is 3. The van der Waals surface area contributed by atoms with Gasteiger partial charge in [-0.25, -0.2) is 13.1 Å². The van der Waals surface area contributed by atoms with E-state index in [1.165, 1.54) is 0 Å². The van der Waals surface area contributed by atoms with Gasteiger partial charge in [0.25, 0.3) is 0 Å². The van der Waals surface area contributed by atoms with E-state index in [-0.39, 0.29) is 12.0 Å². The van der Waals surface area contributed by atoms with Crippen LogP contribution in [0, 0.1) is 12.8 Å². The summed E-state index contributed by atoms with van der Waals surface area (Å²) in [5.41, 5.74) is 7.53. The Kier molecular flexibility index (Phi) is 4.49. The summed E-state index contributed by atoms with van der Waals surface area (Å²) >= 11 is 0. The molecular weight excluding hydrogens is 310 g/mol. The molecule has 6 heteroatoms. The van der Waals surface area contributed by atoms with E-state index in [1.54, 1.807) is 0 Å². The van der Waals surface area contributed by atoms with Crippen LogP contribution in [0.4, 0.5) is 0 Å². The number of aryl methyl sites for hydroxylation is 1. The number of nitrogens with one attached hydrogen (secondary N) is 1. The number of rotatable bonds is 4. The molecular formula is C17H25N3O2S. The molecule has 5 nitrogen and oxygen atoms in total. The summed E-state index contributed by atoms with van der Waals surface area (Å²) in [6.07, 6.45) is 4.05. The number of aromatic nitrogens is 1. The third kappa shape index (κ3) is 2.91. The van der Waals surface area contributed by atoms with Crippen LogP contribution in [-0.2, 0) is 17.1 Å². The number of para-hydroxylation sites is 1. The maximum absolute atomic E-state index is 13.0. The second-order valence-corrected chi connectivity index (χ2v) is 8.15. The smallest absolute Gasteiger partial charge is 0.243 e. The number of hydrogen-bond donors (Lipinski definition) is 2. The van der Waals surface area contributed by atoms with E-state index in [0.29, 0.717) is 11.4 Å². The van der Waals surface area contributed by atoms with Crippen molar-refractivity contribution < 1.29 is 8.42 Å². The lowest BCUT2D eigenvalue weighted by atomic mass is 9.85. The highest BCUT2D eigenvalue weighted by atomic mass is 32.2. The van der Waals surface area contributed by atoms with Crippen molar-refractivity contribution in [2.24, 2.45) is 18.7 Å². The fraction of sp³-hybridized carbons (Fsp3) is 0.529. The minimum absolute atomic E-state index is 0.0582. The molecule has 2 aromatic rings. The summed E-state index contributed by atoms with van der Waals surface area (Å²) in [6, 6.07) is 7.57. The summed E-state index contributed by atoms with van der Waals surface area (Å²) in [6.45, 7) is 2.39. The molecule has 0 radical (unpaired) electrons. The number of sulfonamides is 1. The van der Waals surface area contributed by atoms with Crippen LogP contribution in [0.1, 0.15) is 31.4 Å². The molecule has 2 unspecified atom stereocenters. The Morgan fingerprint density at radius 3 is 2.70 bits per heavy atom. The van der Waals surface area contributed by atoms with Crippen LogP contribution in [0.15, 0.2) is 29.2 Å². The molecule has 23 heavy (non-hydrogen) atoms. The molecule has 0 bridgehead atoms. The second kappa shape index (κ2) is 6.26. The zero-order valence-corrected chi connectivity index (χ0v) is 14.6. The Bertz CT molecular complexity index is 811. The molecule has 1 heterocycles. The first kappa shape index (κ1) is 16.5. The first-order valence-electron chi connectivity index (χ1n) is 8.22.